The van der Waals surface area contributed by atoms with Gasteiger partial charge in [0.2, 0.25) is 0 Å². The molecule has 0 spiro atoms. The molecule has 0 aliphatic carbocycles. The highest BCUT2D eigenvalue weighted by molar-refractivity contribution is 14.1. The second-order valence-corrected chi connectivity index (χ2v) is 6.11. The molecule has 20 heavy (non-hydrogen) atoms. The zero-order valence-electron chi connectivity index (χ0n) is 10.9. The van der Waals surface area contributed by atoms with Crippen molar-refractivity contribution < 1.29 is 4.79 Å². The van der Waals surface area contributed by atoms with Gasteiger partial charge in [-0.2, -0.15) is 0 Å². The van der Waals surface area contributed by atoms with Crippen LogP contribution >= 0.6 is 22.6 Å². The van der Waals surface area contributed by atoms with E-state index < -0.39 is 0 Å². The quantitative estimate of drug-likeness (QED) is 0.779. The van der Waals surface area contributed by atoms with Crippen LogP contribution in [0.1, 0.15) is 22.3 Å². The summed E-state index contributed by atoms with van der Waals surface area (Å²) in [4.78, 5) is 12.2. The lowest BCUT2D eigenvalue weighted by molar-refractivity contribution is 0.102. The molecule has 0 saturated heterocycles. The first-order valence-corrected chi connectivity index (χ1v) is 7.74. The van der Waals surface area contributed by atoms with E-state index in [1.54, 1.807) is 0 Å². The Morgan fingerprint density at radius 2 is 2.10 bits per heavy atom. The predicted molar refractivity (Wildman–Crippen MR) is 90.4 cm³/mol. The number of rotatable bonds is 2. The van der Waals surface area contributed by atoms with Crippen LogP contribution in [0.3, 0.4) is 0 Å². The van der Waals surface area contributed by atoms with Crippen molar-refractivity contribution in [2.75, 3.05) is 17.2 Å². The van der Waals surface area contributed by atoms with Gasteiger partial charge in [-0.3, -0.25) is 4.79 Å². The lowest BCUT2D eigenvalue weighted by Crippen LogP contribution is -2.14. The molecule has 0 radical (unpaired) electrons. The molecule has 1 amide bonds. The monoisotopic (exact) mass is 378 g/mol. The van der Waals surface area contributed by atoms with Crippen LogP contribution in [0, 0.1) is 3.57 Å². The molecule has 1 heterocycles. The van der Waals surface area contributed by atoms with Crippen LogP contribution in [0.25, 0.3) is 0 Å². The van der Waals surface area contributed by atoms with Crippen LogP contribution in [0.15, 0.2) is 42.5 Å². The summed E-state index contributed by atoms with van der Waals surface area (Å²) in [5.41, 5.74) is 4.00. The highest BCUT2D eigenvalue weighted by Crippen LogP contribution is 2.25. The van der Waals surface area contributed by atoms with E-state index in [1.807, 2.05) is 36.4 Å². The zero-order chi connectivity index (χ0) is 13.9. The molecule has 3 nitrogen and oxygen atoms in total. The van der Waals surface area contributed by atoms with Gasteiger partial charge in [-0.25, -0.2) is 0 Å². The lowest BCUT2D eigenvalue weighted by Gasteiger charge is -2.18. The fourth-order valence-corrected chi connectivity index (χ4v) is 2.93. The molecule has 0 unspecified atom stereocenters. The Hall–Kier alpha value is -1.56. The van der Waals surface area contributed by atoms with Crippen molar-refractivity contribution in [2.45, 2.75) is 12.8 Å². The molecule has 2 N–H and O–H groups in total. The molecular formula is C16H15IN2O. The minimum Gasteiger partial charge on any atom is -0.385 e. The molecule has 3 rings (SSSR count). The topological polar surface area (TPSA) is 41.1 Å². The standard InChI is InChI=1S/C16H15IN2O/c17-13-5-1-3-12(9-13)16(20)19-14-6-7-15-11(10-14)4-2-8-18-15/h1,3,5-7,9-10,18H,2,4,8H2,(H,19,20). The van der Waals surface area contributed by atoms with Crippen molar-refractivity contribution in [1.82, 2.24) is 0 Å². The summed E-state index contributed by atoms with van der Waals surface area (Å²) in [7, 11) is 0. The number of benzene rings is 2. The van der Waals surface area contributed by atoms with Crippen molar-refractivity contribution in [3.05, 3.63) is 57.2 Å². The Morgan fingerprint density at radius 1 is 1.20 bits per heavy atom. The Morgan fingerprint density at radius 3 is 2.95 bits per heavy atom. The van der Waals surface area contributed by atoms with E-state index in [0.717, 1.165) is 28.6 Å². The van der Waals surface area contributed by atoms with Gasteiger partial charge in [0, 0.05) is 27.1 Å². The fourth-order valence-electron chi connectivity index (χ4n) is 2.39. The number of carbonyl (C=O) groups excluding carboxylic acids is 1. The summed E-state index contributed by atoms with van der Waals surface area (Å²) >= 11 is 2.21. The third-order valence-electron chi connectivity index (χ3n) is 3.39. The van der Waals surface area contributed by atoms with Crippen LogP contribution in [0.4, 0.5) is 11.4 Å². The Balaban J connectivity index is 1.79. The van der Waals surface area contributed by atoms with E-state index in [9.17, 15) is 4.79 Å². The molecule has 0 aromatic heterocycles. The van der Waals surface area contributed by atoms with Gasteiger partial charge in [-0.1, -0.05) is 6.07 Å². The van der Waals surface area contributed by atoms with Gasteiger partial charge in [0.1, 0.15) is 0 Å². The van der Waals surface area contributed by atoms with Gasteiger partial charge in [0.15, 0.2) is 0 Å². The Kier molecular flexibility index (Phi) is 3.91. The number of carbonyl (C=O) groups is 1. The molecule has 2 aromatic carbocycles. The SMILES string of the molecule is O=C(Nc1ccc2c(c1)CCCN2)c1cccc(I)c1. The highest BCUT2D eigenvalue weighted by atomic mass is 127. The number of aryl methyl sites for hydroxylation is 1. The molecule has 1 aliphatic heterocycles. The number of nitrogens with one attached hydrogen (secondary N) is 2. The number of hydrogen-bond acceptors (Lipinski definition) is 2. The summed E-state index contributed by atoms with van der Waals surface area (Å²) in [5, 5.41) is 6.33. The summed E-state index contributed by atoms with van der Waals surface area (Å²) in [6.45, 7) is 1.03. The van der Waals surface area contributed by atoms with Crippen LogP contribution in [-0.2, 0) is 6.42 Å². The van der Waals surface area contributed by atoms with Gasteiger partial charge >= 0.3 is 0 Å². The average molecular weight is 378 g/mol. The number of amides is 1. The molecule has 0 saturated carbocycles. The van der Waals surface area contributed by atoms with Crippen molar-refractivity contribution in [2.24, 2.45) is 0 Å². The highest BCUT2D eigenvalue weighted by Gasteiger charge is 2.11. The molecule has 0 bridgehead atoms. The fraction of sp³-hybridized carbons (Fsp3) is 0.188. The molecule has 4 heteroatoms. The second-order valence-electron chi connectivity index (χ2n) is 4.87. The van der Waals surface area contributed by atoms with Crippen LogP contribution in [-0.4, -0.2) is 12.5 Å². The van der Waals surface area contributed by atoms with E-state index in [4.69, 9.17) is 0 Å². The number of fused-ring (bicyclic) bond motifs is 1. The first-order chi connectivity index (χ1) is 9.72. The van der Waals surface area contributed by atoms with Gasteiger partial charge in [0.25, 0.3) is 5.91 Å². The molecule has 2 aromatic rings. The molecular weight excluding hydrogens is 363 g/mol. The summed E-state index contributed by atoms with van der Waals surface area (Å²) < 4.78 is 1.06. The maximum atomic E-state index is 12.2. The van der Waals surface area contributed by atoms with Gasteiger partial charge in [0.05, 0.1) is 0 Å². The lowest BCUT2D eigenvalue weighted by atomic mass is 10.0. The molecule has 1 aliphatic rings. The minimum atomic E-state index is -0.0627. The molecule has 102 valence electrons. The van der Waals surface area contributed by atoms with Crippen molar-refractivity contribution in [1.29, 1.82) is 0 Å². The van der Waals surface area contributed by atoms with Gasteiger partial charge < -0.3 is 10.6 Å². The summed E-state index contributed by atoms with van der Waals surface area (Å²) in [6.07, 6.45) is 2.20. The zero-order valence-corrected chi connectivity index (χ0v) is 13.1. The maximum absolute atomic E-state index is 12.2. The Labute approximate surface area is 131 Å². The van der Waals surface area contributed by atoms with Gasteiger partial charge in [-0.15, -0.1) is 0 Å². The predicted octanol–water partition coefficient (Wildman–Crippen LogP) is 3.90. The van der Waals surface area contributed by atoms with E-state index in [1.165, 1.54) is 11.3 Å². The second kappa shape index (κ2) is 5.83. The maximum Gasteiger partial charge on any atom is 0.255 e. The van der Waals surface area contributed by atoms with Crippen molar-refractivity contribution in [3.8, 4) is 0 Å². The summed E-state index contributed by atoms with van der Waals surface area (Å²) in [5.74, 6) is -0.0627. The number of anilines is 2. The number of hydrogen-bond donors (Lipinski definition) is 2. The third kappa shape index (κ3) is 2.95. The van der Waals surface area contributed by atoms with Crippen LogP contribution < -0.4 is 10.6 Å². The van der Waals surface area contributed by atoms with E-state index in [-0.39, 0.29) is 5.91 Å². The smallest absolute Gasteiger partial charge is 0.255 e. The average Bonchev–Trinajstić information content (AvgIpc) is 2.47. The van der Waals surface area contributed by atoms with Gasteiger partial charge in [-0.05, 0) is 77.4 Å². The first-order valence-electron chi connectivity index (χ1n) is 6.66. The molecule has 0 fully saturated rings. The van der Waals surface area contributed by atoms with E-state index in [0.29, 0.717) is 5.56 Å². The number of halogens is 1. The van der Waals surface area contributed by atoms with E-state index >= 15 is 0 Å². The van der Waals surface area contributed by atoms with Crippen molar-refractivity contribution in [3.63, 3.8) is 0 Å². The van der Waals surface area contributed by atoms with Crippen LogP contribution in [0.5, 0.6) is 0 Å². The Bertz CT molecular complexity index is 655. The van der Waals surface area contributed by atoms with Crippen LogP contribution in [0.2, 0.25) is 0 Å². The normalized spacial score (nSPS) is 13.2. The first kappa shape index (κ1) is 13.4. The molecule has 0 atom stereocenters. The largest absolute Gasteiger partial charge is 0.385 e. The third-order valence-corrected chi connectivity index (χ3v) is 4.06. The van der Waals surface area contributed by atoms with Crippen molar-refractivity contribution >= 4 is 39.9 Å². The minimum absolute atomic E-state index is 0.0627. The summed E-state index contributed by atoms with van der Waals surface area (Å²) in [6, 6.07) is 13.6. The van der Waals surface area contributed by atoms with E-state index in [2.05, 4.69) is 39.3 Å².